The first-order valence-corrected chi connectivity index (χ1v) is 7.24. The Kier molecular flexibility index (Phi) is 5.55. The van der Waals surface area contributed by atoms with Gasteiger partial charge in [0, 0.05) is 17.7 Å². The molecule has 0 bridgehead atoms. The predicted octanol–water partition coefficient (Wildman–Crippen LogP) is 3.28. The van der Waals surface area contributed by atoms with E-state index in [1.165, 1.54) is 6.07 Å². The number of fused-ring (bicyclic) bond motifs is 1. The quantitative estimate of drug-likeness (QED) is 0.731. The number of ether oxygens (including phenoxy) is 1. The first-order chi connectivity index (χ1) is 10.6. The highest BCUT2D eigenvalue weighted by molar-refractivity contribution is 5.96. The molecule has 1 amide bonds. The molecule has 6 heteroatoms. The second-order valence-corrected chi connectivity index (χ2v) is 4.98. The zero-order valence-corrected chi connectivity index (χ0v) is 12.4. The van der Waals surface area contributed by atoms with Gasteiger partial charge in [0.25, 0.3) is 0 Å². The monoisotopic (exact) mass is 305 g/mol. The van der Waals surface area contributed by atoms with Crippen LogP contribution in [-0.2, 0) is 9.53 Å². The summed E-state index contributed by atoms with van der Waals surface area (Å²) in [6, 6.07) is 6.38. The van der Waals surface area contributed by atoms with E-state index in [0.717, 1.165) is 19.3 Å². The van der Waals surface area contributed by atoms with Gasteiger partial charge in [-0.15, -0.1) is 0 Å². The molecule has 2 aromatic rings. The van der Waals surface area contributed by atoms with Crippen molar-refractivity contribution < 1.29 is 23.8 Å². The van der Waals surface area contributed by atoms with E-state index in [4.69, 9.17) is 14.3 Å². The second-order valence-electron chi connectivity index (χ2n) is 4.98. The molecule has 0 fully saturated rings. The molecule has 0 saturated carbocycles. The van der Waals surface area contributed by atoms with Gasteiger partial charge in [-0.3, -0.25) is 4.79 Å². The molecule has 0 aliphatic carbocycles. The van der Waals surface area contributed by atoms with Crippen molar-refractivity contribution in [2.24, 2.45) is 0 Å². The minimum absolute atomic E-state index is 0.00745. The zero-order valence-electron chi connectivity index (χ0n) is 12.4. The molecule has 22 heavy (non-hydrogen) atoms. The summed E-state index contributed by atoms with van der Waals surface area (Å²) in [7, 11) is 0. The largest absolute Gasteiger partial charge is 0.475 e. The maximum absolute atomic E-state index is 11.7. The number of carboxylic acids is 1. The van der Waals surface area contributed by atoms with Gasteiger partial charge in [-0.1, -0.05) is 19.8 Å². The Balaban J connectivity index is 1.90. The number of carbonyl (C=O) groups excluding carboxylic acids is 1. The van der Waals surface area contributed by atoms with Gasteiger partial charge >= 0.3 is 5.97 Å². The van der Waals surface area contributed by atoms with Crippen LogP contribution in [-0.4, -0.2) is 30.2 Å². The number of unbranched alkanes of at least 4 members (excludes halogenated alkanes) is 2. The summed E-state index contributed by atoms with van der Waals surface area (Å²) in [4.78, 5) is 22.6. The fourth-order valence-corrected chi connectivity index (χ4v) is 2.04. The van der Waals surface area contributed by atoms with Gasteiger partial charge in [0.2, 0.25) is 11.7 Å². The predicted molar refractivity (Wildman–Crippen MR) is 82.1 cm³/mol. The van der Waals surface area contributed by atoms with Gasteiger partial charge in [-0.2, -0.15) is 0 Å². The lowest BCUT2D eigenvalue weighted by molar-refractivity contribution is -0.120. The van der Waals surface area contributed by atoms with E-state index < -0.39 is 5.97 Å². The Bertz CT molecular complexity index is 662. The SMILES string of the molecule is CCCCCOCC(=O)Nc1ccc2oc(C(=O)O)cc2c1. The van der Waals surface area contributed by atoms with Crippen molar-refractivity contribution in [2.45, 2.75) is 26.2 Å². The van der Waals surface area contributed by atoms with Crippen LogP contribution in [0.3, 0.4) is 0 Å². The van der Waals surface area contributed by atoms with E-state index in [0.29, 0.717) is 23.3 Å². The lowest BCUT2D eigenvalue weighted by atomic mass is 10.2. The van der Waals surface area contributed by atoms with Crippen molar-refractivity contribution in [1.29, 1.82) is 0 Å². The third-order valence-electron chi connectivity index (χ3n) is 3.14. The zero-order chi connectivity index (χ0) is 15.9. The summed E-state index contributed by atoms with van der Waals surface area (Å²) < 4.78 is 10.4. The minimum atomic E-state index is -1.12. The van der Waals surface area contributed by atoms with E-state index in [2.05, 4.69) is 12.2 Å². The Morgan fingerprint density at radius 2 is 2.09 bits per heavy atom. The van der Waals surface area contributed by atoms with Crippen LogP contribution in [0.1, 0.15) is 36.7 Å². The van der Waals surface area contributed by atoms with Crippen LogP contribution < -0.4 is 5.32 Å². The van der Waals surface area contributed by atoms with E-state index in [1.807, 2.05) is 0 Å². The van der Waals surface area contributed by atoms with Gasteiger partial charge < -0.3 is 19.6 Å². The van der Waals surface area contributed by atoms with Crippen molar-refractivity contribution >= 4 is 28.5 Å². The maximum Gasteiger partial charge on any atom is 0.371 e. The smallest absolute Gasteiger partial charge is 0.371 e. The second kappa shape index (κ2) is 7.61. The van der Waals surface area contributed by atoms with Crippen molar-refractivity contribution in [3.05, 3.63) is 30.0 Å². The molecule has 1 aromatic carbocycles. The van der Waals surface area contributed by atoms with E-state index in [-0.39, 0.29) is 18.3 Å². The average Bonchev–Trinajstić information content (AvgIpc) is 2.90. The van der Waals surface area contributed by atoms with Crippen molar-refractivity contribution in [1.82, 2.24) is 0 Å². The lowest BCUT2D eigenvalue weighted by Gasteiger charge is -2.06. The molecule has 118 valence electrons. The van der Waals surface area contributed by atoms with Crippen molar-refractivity contribution in [3.8, 4) is 0 Å². The number of furan rings is 1. The molecular formula is C16H19NO5. The van der Waals surface area contributed by atoms with Gasteiger partial charge in [0.05, 0.1) is 0 Å². The minimum Gasteiger partial charge on any atom is -0.475 e. The van der Waals surface area contributed by atoms with Gasteiger partial charge in [-0.05, 0) is 30.7 Å². The lowest BCUT2D eigenvalue weighted by Crippen LogP contribution is -2.18. The molecule has 6 nitrogen and oxygen atoms in total. The highest BCUT2D eigenvalue weighted by Crippen LogP contribution is 2.23. The summed E-state index contributed by atoms with van der Waals surface area (Å²) >= 11 is 0. The highest BCUT2D eigenvalue weighted by atomic mass is 16.5. The Morgan fingerprint density at radius 3 is 2.82 bits per heavy atom. The standard InChI is InChI=1S/C16H19NO5/c1-2-3-4-7-21-10-15(18)17-12-5-6-13-11(8-12)9-14(22-13)16(19)20/h5-6,8-9H,2-4,7,10H2,1H3,(H,17,18)(H,19,20). The first kappa shape index (κ1) is 16.0. The normalized spacial score (nSPS) is 10.8. The summed E-state index contributed by atoms with van der Waals surface area (Å²) in [5.41, 5.74) is 1.04. The van der Waals surface area contributed by atoms with Gasteiger partial charge in [0.1, 0.15) is 12.2 Å². The number of benzene rings is 1. The first-order valence-electron chi connectivity index (χ1n) is 7.24. The number of anilines is 1. The number of rotatable bonds is 8. The van der Waals surface area contributed by atoms with Crippen molar-refractivity contribution in [3.63, 3.8) is 0 Å². The van der Waals surface area contributed by atoms with Gasteiger partial charge in [-0.25, -0.2) is 4.79 Å². The molecule has 0 unspecified atom stereocenters. The molecule has 0 radical (unpaired) electrons. The summed E-state index contributed by atoms with van der Waals surface area (Å²) in [6.45, 7) is 2.69. The molecule has 0 atom stereocenters. The fraction of sp³-hybridized carbons (Fsp3) is 0.375. The molecule has 0 saturated heterocycles. The number of hydrogen-bond acceptors (Lipinski definition) is 4. The Hall–Kier alpha value is -2.34. The number of hydrogen-bond donors (Lipinski definition) is 2. The third-order valence-corrected chi connectivity index (χ3v) is 3.14. The number of nitrogens with one attached hydrogen (secondary N) is 1. The van der Waals surface area contributed by atoms with Crippen LogP contribution in [0.4, 0.5) is 5.69 Å². The molecule has 2 rings (SSSR count). The van der Waals surface area contributed by atoms with Gasteiger partial charge in [0.15, 0.2) is 0 Å². The van der Waals surface area contributed by atoms with E-state index in [1.54, 1.807) is 18.2 Å². The van der Waals surface area contributed by atoms with Crippen molar-refractivity contribution in [2.75, 3.05) is 18.5 Å². The third kappa shape index (κ3) is 4.33. The summed E-state index contributed by atoms with van der Waals surface area (Å²) in [5, 5.41) is 12.2. The van der Waals surface area contributed by atoms with Crippen LogP contribution in [0.5, 0.6) is 0 Å². The number of carboxylic acid groups (broad SMARTS) is 1. The highest BCUT2D eigenvalue weighted by Gasteiger charge is 2.11. The molecule has 0 aliphatic heterocycles. The Morgan fingerprint density at radius 1 is 1.27 bits per heavy atom. The maximum atomic E-state index is 11.7. The molecule has 2 N–H and O–H groups in total. The summed E-state index contributed by atoms with van der Waals surface area (Å²) in [6.07, 6.45) is 3.14. The average molecular weight is 305 g/mol. The van der Waals surface area contributed by atoms with E-state index >= 15 is 0 Å². The number of carbonyl (C=O) groups is 2. The molecule has 0 aliphatic rings. The van der Waals surface area contributed by atoms with Crippen LogP contribution in [0.25, 0.3) is 11.0 Å². The van der Waals surface area contributed by atoms with Crippen LogP contribution in [0.15, 0.2) is 28.7 Å². The fourth-order valence-electron chi connectivity index (χ4n) is 2.04. The van der Waals surface area contributed by atoms with Crippen LogP contribution >= 0.6 is 0 Å². The Labute approximate surface area is 128 Å². The van der Waals surface area contributed by atoms with Crippen LogP contribution in [0, 0.1) is 0 Å². The molecular weight excluding hydrogens is 286 g/mol. The molecule has 1 heterocycles. The molecule has 0 spiro atoms. The topological polar surface area (TPSA) is 88.8 Å². The molecule has 1 aromatic heterocycles. The summed E-state index contributed by atoms with van der Waals surface area (Å²) in [5.74, 6) is -1.49. The number of aromatic carboxylic acids is 1. The number of amides is 1. The van der Waals surface area contributed by atoms with E-state index in [9.17, 15) is 9.59 Å². The van der Waals surface area contributed by atoms with Crippen LogP contribution in [0.2, 0.25) is 0 Å².